The van der Waals surface area contributed by atoms with E-state index in [9.17, 15) is 4.79 Å². The highest BCUT2D eigenvalue weighted by Crippen LogP contribution is 2.36. The van der Waals surface area contributed by atoms with Crippen LogP contribution in [0.15, 0.2) is 79.4 Å². The Balaban J connectivity index is 1.47. The largest absolute Gasteiger partial charge is 0.492 e. The standard InChI is InChI=1S/C24H23N3O2S/c1-2-29-21-14-22(20-9-4-3-5-10-20)30-23(21)24(28)26-15-18-7-6-8-19(13-18)16-27-12-11-25-17-27/h3-14,17H,2,15-16H2,1H3,(H,26,28). The minimum atomic E-state index is -0.120. The minimum Gasteiger partial charge on any atom is -0.492 e. The summed E-state index contributed by atoms with van der Waals surface area (Å²) in [5.74, 6) is 0.512. The molecule has 0 aliphatic heterocycles. The molecule has 0 bridgehead atoms. The zero-order valence-corrected chi connectivity index (χ0v) is 17.6. The second-order valence-electron chi connectivity index (χ2n) is 6.84. The molecule has 0 radical (unpaired) electrons. The molecule has 0 atom stereocenters. The lowest BCUT2D eigenvalue weighted by Gasteiger charge is -2.08. The minimum absolute atomic E-state index is 0.120. The van der Waals surface area contributed by atoms with Crippen LogP contribution in [0.3, 0.4) is 0 Å². The fraction of sp³-hybridized carbons (Fsp3) is 0.167. The first-order chi connectivity index (χ1) is 14.7. The first-order valence-electron chi connectivity index (χ1n) is 9.86. The average molecular weight is 418 g/mol. The van der Waals surface area contributed by atoms with E-state index in [0.29, 0.717) is 23.8 Å². The highest BCUT2D eigenvalue weighted by Gasteiger charge is 2.18. The van der Waals surface area contributed by atoms with Crippen LogP contribution in [0.5, 0.6) is 5.75 Å². The molecule has 0 aliphatic carbocycles. The SMILES string of the molecule is CCOc1cc(-c2ccccc2)sc1C(=O)NCc1cccc(Cn2ccnc2)c1. The molecule has 2 heterocycles. The van der Waals surface area contributed by atoms with Gasteiger partial charge in [0.25, 0.3) is 5.91 Å². The highest BCUT2D eigenvalue weighted by molar-refractivity contribution is 7.17. The van der Waals surface area contributed by atoms with E-state index in [4.69, 9.17) is 4.74 Å². The van der Waals surface area contributed by atoms with Gasteiger partial charge in [0.2, 0.25) is 0 Å². The Morgan fingerprint density at radius 1 is 1.10 bits per heavy atom. The molecule has 6 heteroatoms. The number of carbonyl (C=O) groups is 1. The normalized spacial score (nSPS) is 10.7. The molecule has 4 rings (SSSR count). The molecule has 0 fully saturated rings. The molecule has 2 aromatic carbocycles. The van der Waals surface area contributed by atoms with Gasteiger partial charge in [-0.05, 0) is 29.7 Å². The summed E-state index contributed by atoms with van der Waals surface area (Å²) >= 11 is 1.45. The summed E-state index contributed by atoms with van der Waals surface area (Å²) in [6.07, 6.45) is 5.50. The first kappa shape index (κ1) is 19.9. The molecular formula is C24H23N3O2S. The van der Waals surface area contributed by atoms with Crippen molar-refractivity contribution in [1.82, 2.24) is 14.9 Å². The fourth-order valence-electron chi connectivity index (χ4n) is 3.23. The summed E-state index contributed by atoms with van der Waals surface area (Å²) in [7, 11) is 0. The second kappa shape index (κ2) is 9.41. The van der Waals surface area contributed by atoms with Gasteiger partial charge >= 0.3 is 0 Å². The van der Waals surface area contributed by atoms with Crippen LogP contribution in [-0.4, -0.2) is 22.1 Å². The Morgan fingerprint density at radius 2 is 1.93 bits per heavy atom. The number of nitrogens with zero attached hydrogens (tertiary/aromatic N) is 2. The maximum Gasteiger partial charge on any atom is 0.265 e. The molecular weight excluding hydrogens is 394 g/mol. The van der Waals surface area contributed by atoms with Gasteiger partial charge in [-0.1, -0.05) is 54.6 Å². The Hall–Kier alpha value is -3.38. The average Bonchev–Trinajstić information content (AvgIpc) is 3.43. The molecule has 0 aliphatic rings. The van der Waals surface area contributed by atoms with Gasteiger partial charge in [0.1, 0.15) is 10.6 Å². The number of hydrogen-bond acceptors (Lipinski definition) is 4. The van der Waals surface area contributed by atoms with Crippen LogP contribution in [0, 0.1) is 0 Å². The molecule has 5 nitrogen and oxygen atoms in total. The summed E-state index contributed by atoms with van der Waals surface area (Å²) in [4.78, 5) is 18.6. The van der Waals surface area contributed by atoms with Crippen LogP contribution in [0.1, 0.15) is 27.7 Å². The second-order valence-corrected chi connectivity index (χ2v) is 7.89. The van der Waals surface area contributed by atoms with Crippen LogP contribution in [0.25, 0.3) is 10.4 Å². The van der Waals surface area contributed by atoms with Crippen molar-refractivity contribution in [2.45, 2.75) is 20.0 Å². The van der Waals surface area contributed by atoms with Crippen molar-refractivity contribution in [1.29, 1.82) is 0 Å². The Morgan fingerprint density at radius 3 is 2.70 bits per heavy atom. The van der Waals surface area contributed by atoms with Gasteiger partial charge in [-0.2, -0.15) is 0 Å². The zero-order chi connectivity index (χ0) is 20.8. The van der Waals surface area contributed by atoms with E-state index in [1.54, 1.807) is 12.5 Å². The molecule has 2 aromatic heterocycles. The highest BCUT2D eigenvalue weighted by atomic mass is 32.1. The fourth-order valence-corrected chi connectivity index (χ4v) is 4.25. The maximum absolute atomic E-state index is 12.9. The van der Waals surface area contributed by atoms with E-state index < -0.39 is 0 Å². The van der Waals surface area contributed by atoms with Gasteiger partial charge in [0, 0.05) is 30.4 Å². The molecule has 0 saturated carbocycles. The van der Waals surface area contributed by atoms with Crippen molar-refractivity contribution in [3.05, 3.63) is 95.4 Å². The number of hydrogen-bond donors (Lipinski definition) is 1. The summed E-state index contributed by atoms with van der Waals surface area (Å²) in [6, 6.07) is 20.2. The number of ether oxygens (including phenoxy) is 1. The van der Waals surface area contributed by atoms with Crippen molar-refractivity contribution in [2.24, 2.45) is 0 Å². The number of rotatable bonds is 8. The number of carbonyl (C=O) groups excluding carboxylic acids is 1. The van der Waals surface area contributed by atoms with Crippen LogP contribution in [0.2, 0.25) is 0 Å². The molecule has 1 N–H and O–H groups in total. The van der Waals surface area contributed by atoms with Crippen molar-refractivity contribution < 1.29 is 9.53 Å². The monoisotopic (exact) mass is 417 g/mol. The lowest BCUT2D eigenvalue weighted by molar-refractivity contribution is 0.0951. The molecule has 0 saturated heterocycles. The Labute approximate surface area is 180 Å². The zero-order valence-electron chi connectivity index (χ0n) is 16.7. The quantitative estimate of drug-likeness (QED) is 0.439. The lowest BCUT2D eigenvalue weighted by Crippen LogP contribution is -2.22. The van der Waals surface area contributed by atoms with Crippen LogP contribution < -0.4 is 10.1 Å². The van der Waals surface area contributed by atoms with Gasteiger partial charge < -0.3 is 14.6 Å². The van der Waals surface area contributed by atoms with Crippen molar-refractivity contribution in [2.75, 3.05) is 6.61 Å². The number of aromatic nitrogens is 2. The van der Waals surface area contributed by atoms with Crippen molar-refractivity contribution in [3.63, 3.8) is 0 Å². The molecule has 0 unspecified atom stereocenters. The molecule has 0 spiro atoms. The lowest BCUT2D eigenvalue weighted by atomic mass is 10.1. The van der Waals surface area contributed by atoms with E-state index in [0.717, 1.165) is 28.1 Å². The van der Waals surface area contributed by atoms with Crippen LogP contribution >= 0.6 is 11.3 Å². The third-order valence-electron chi connectivity index (χ3n) is 4.63. The van der Waals surface area contributed by atoms with E-state index >= 15 is 0 Å². The van der Waals surface area contributed by atoms with Gasteiger partial charge in [-0.25, -0.2) is 4.98 Å². The molecule has 152 valence electrons. The van der Waals surface area contributed by atoms with Crippen LogP contribution in [-0.2, 0) is 13.1 Å². The Kier molecular flexibility index (Phi) is 6.25. The van der Waals surface area contributed by atoms with Crippen LogP contribution in [0.4, 0.5) is 0 Å². The van der Waals surface area contributed by atoms with E-state index in [1.807, 2.05) is 66.2 Å². The van der Waals surface area contributed by atoms with E-state index in [1.165, 1.54) is 11.3 Å². The molecule has 4 aromatic rings. The predicted octanol–water partition coefficient (Wildman–Crippen LogP) is 4.99. The van der Waals surface area contributed by atoms with Crippen molar-refractivity contribution in [3.8, 4) is 16.2 Å². The Bertz CT molecular complexity index is 1100. The predicted molar refractivity (Wildman–Crippen MR) is 120 cm³/mol. The smallest absolute Gasteiger partial charge is 0.265 e. The van der Waals surface area contributed by atoms with E-state index in [-0.39, 0.29) is 5.91 Å². The van der Waals surface area contributed by atoms with E-state index in [2.05, 4.69) is 22.4 Å². The number of benzene rings is 2. The third kappa shape index (κ3) is 4.78. The van der Waals surface area contributed by atoms with Crippen molar-refractivity contribution >= 4 is 17.2 Å². The number of imidazole rings is 1. The first-order valence-corrected chi connectivity index (χ1v) is 10.7. The van der Waals surface area contributed by atoms with Gasteiger partial charge in [-0.15, -0.1) is 11.3 Å². The van der Waals surface area contributed by atoms with Gasteiger partial charge in [-0.3, -0.25) is 4.79 Å². The summed E-state index contributed by atoms with van der Waals surface area (Å²) in [5.41, 5.74) is 3.30. The maximum atomic E-state index is 12.9. The molecule has 30 heavy (non-hydrogen) atoms. The third-order valence-corrected chi connectivity index (χ3v) is 5.80. The van der Waals surface area contributed by atoms with Gasteiger partial charge in [0.05, 0.1) is 12.9 Å². The number of nitrogens with one attached hydrogen (secondary N) is 1. The molecule has 1 amide bonds. The topological polar surface area (TPSA) is 56.1 Å². The summed E-state index contributed by atoms with van der Waals surface area (Å²) < 4.78 is 7.75. The summed E-state index contributed by atoms with van der Waals surface area (Å²) in [5, 5.41) is 3.04. The number of amides is 1. The number of thiophene rings is 1. The summed E-state index contributed by atoms with van der Waals surface area (Å²) in [6.45, 7) is 3.65. The van der Waals surface area contributed by atoms with Gasteiger partial charge in [0.15, 0.2) is 0 Å².